The normalized spacial score (nSPS) is 10.9. The van der Waals surface area contributed by atoms with Crippen LogP contribution >= 0.6 is 36.4 Å². The van der Waals surface area contributed by atoms with Gasteiger partial charge in [-0.15, -0.1) is 12.6 Å². The predicted octanol–water partition coefficient (Wildman–Crippen LogP) is 3.75. The molecule has 0 heterocycles. The third kappa shape index (κ3) is 2.72. The molecule has 0 atom stereocenters. The van der Waals surface area contributed by atoms with Gasteiger partial charge in [0, 0.05) is 10.6 Å². The van der Waals surface area contributed by atoms with Gasteiger partial charge in [0.2, 0.25) is 0 Å². The van der Waals surface area contributed by atoms with E-state index >= 15 is 0 Å². The number of rotatable bonds is 2. The van der Waals surface area contributed by atoms with Gasteiger partial charge in [-0.05, 0) is 31.5 Å². The molecule has 0 radical (unpaired) electrons. The highest BCUT2D eigenvalue weighted by atomic mass is 35.5. The first-order valence-electron chi connectivity index (χ1n) is 4.33. The lowest BCUT2D eigenvalue weighted by molar-refractivity contribution is 0.686. The van der Waals surface area contributed by atoms with Crippen LogP contribution in [0.25, 0.3) is 0 Å². The van der Waals surface area contributed by atoms with Gasteiger partial charge < -0.3 is 0 Å². The average molecular weight is 256 g/mol. The predicted molar refractivity (Wildman–Crippen MR) is 70.8 cm³/mol. The van der Waals surface area contributed by atoms with Crippen molar-refractivity contribution >= 4 is 40.6 Å². The van der Waals surface area contributed by atoms with Crippen molar-refractivity contribution in [1.82, 2.24) is 0 Å². The Morgan fingerprint density at radius 1 is 1.53 bits per heavy atom. The van der Waals surface area contributed by atoms with Gasteiger partial charge in [0.05, 0.1) is 15.7 Å². The SMILES string of the molecule is CC(C)(C#N)c1cc(Cl)ccc1C(=S)S. The van der Waals surface area contributed by atoms with E-state index in [-0.39, 0.29) is 0 Å². The second kappa shape index (κ2) is 4.52. The number of benzene rings is 1. The lowest BCUT2D eigenvalue weighted by atomic mass is 9.83. The monoisotopic (exact) mass is 255 g/mol. The smallest absolute Gasteiger partial charge is 0.0773 e. The van der Waals surface area contributed by atoms with Crippen molar-refractivity contribution in [3.05, 3.63) is 34.3 Å². The molecule has 78 valence electrons. The molecule has 0 aromatic heterocycles. The molecule has 0 bridgehead atoms. The third-order valence-electron chi connectivity index (χ3n) is 2.16. The minimum Gasteiger partial charge on any atom is -0.197 e. The maximum atomic E-state index is 9.08. The summed E-state index contributed by atoms with van der Waals surface area (Å²) in [5, 5.41) is 9.68. The van der Waals surface area contributed by atoms with Crippen molar-refractivity contribution in [1.29, 1.82) is 5.26 Å². The summed E-state index contributed by atoms with van der Waals surface area (Å²) >= 11 is 15.1. The summed E-state index contributed by atoms with van der Waals surface area (Å²) in [6.45, 7) is 3.66. The second-order valence-corrected chi connectivity index (χ2v) is 5.33. The van der Waals surface area contributed by atoms with Gasteiger partial charge in [-0.1, -0.05) is 29.9 Å². The molecule has 1 rings (SSSR count). The highest BCUT2D eigenvalue weighted by molar-refractivity contribution is 8.11. The maximum absolute atomic E-state index is 9.08. The second-order valence-electron chi connectivity index (χ2n) is 3.73. The van der Waals surface area contributed by atoms with E-state index in [4.69, 9.17) is 29.1 Å². The molecule has 0 aliphatic heterocycles. The van der Waals surface area contributed by atoms with Gasteiger partial charge in [0.15, 0.2) is 0 Å². The molecular formula is C11H10ClNS2. The average Bonchev–Trinajstić information content (AvgIpc) is 2.17. The van der Waals surface area contributed by atoms with E-state index in [9.17, 15) is 0 Å². The molecule has 0 unspecified atom stereocenters. The number of thiol groups is 1. The number of hydrogen-bond acceptors (Lipinski definition) is 2. The standard InChI is InChI=1S/C11H10ClNS2/c1-11(2,6-13)9-5-7(12)3-4-8(9)10(14)15/h3-5H,1-2H3,(H,14,15). The van der Waals surface area contributed by atoms with Crippen molar-refractivity contribution in [2.24, 2.45) is 0 Å². The fraction of sp³-hybridized carbons (Fsp3) is 0.273. The van der Waals surface area contributed by atoms with Gasteiger partial charge in [-0.25, -0.2) is 0 Å². The van der Waals surface area contributed by atoms with E-state index in [0.717, 1.165) is 11.1 Å². The summed E-state index contributed by atoms with van der Waals surface area (Å²) in [4.78, 5) is 0. The van der Waals surface area contributed by atoms with Gasteiger partial charge in [0.25, 0.3) is 0 Å². The first-order chi connectivity index (χ1) is 6.88. The van der Waals surface area contributed by atoms with E-state index in [1.807, 2.05) is 13.8 Å². The summed E-state index contributed by atoms with van der Waals surface area (Å²) in [5.41, 5.74) is 0.995. The van der Waals surface area contributed by atoms with Crippen LogP contribution < -0.4 is 0 Å². The Labute approximate surface area is 105 Å². The Morgan fingerprint density at radius 2 is 2.13 bits per heavy atom. The van der Waals surface area contributed by atoms with Crippen LogP contribution in [-0.4, -0.2) is 4.20 Å². The van der Waals surface area contributed by atoms with E-state index < -0.39 is 5.41 Å². The lowest BCUT2D eigenvalue weighted by Gasteiger charge is -2.19. The van der Waals surface area contributed by atoms with Crippen LogP contribution in [0.5, 0.6) is 0 Å². The van der Waals surface area contributed by atoms with Crippen LogP contribution in [-0.2, 0) is 5.41 Å². The fourth-order valence-corrected chi connectivity index (χ4v) is 1.83. The largest absolute Gasteiger partial charge is 0.197 e. The van der Waals surface area contributed by atoms with Crippen molar-refractivity contribution in [3.8, 4) is 6.07 Å². The topological polar surface area (TPSA) is 23.8 Å². The van der Waals surface area contributed by atoms with Gasteiger partial charge in [0.1, 0.15) is 0 Å². The van der Waals surface area contributed by atoms with E-state index in [0.29, 0.717) is 9.22 Å². The quantitative estimate of drug-likeness (QED) is 0.643. The highest BCUT2D eigenvalue weighted by Gasteiger charge is 2.24. The maximum Gasteiger partial charge on any atom is 0.0773 e. The van der Waals surface area contributed by atoms with Crippen LogP contribution in [0.1, 0.15) is 25.0 Å². The Bertz CT molecular complexity index is 446. The first kappa shape index (κ1) is 12.5. The Balaban J connectivity index is 3.45. The summed E-state index contributed by atoms with van der Waals surface area (Å²) in [7, 11) is 0. The Morgan fingerprint density at radius 3 is 2.60 bits per heavy atom. The molecule has 0 fully saturated rings. The van der Waals surface area contributed by atoms with Crippen molar-refractivity contribution in [2.45, 2.75) is 19.3 Å². The first-order valence-corrected chi connectivity index (χ1v) is 5.56. The van der Waals surface area contributed by atoms with Crippen molar-refractivity contribution in [3.63, 3.8) is 0 Å². The summed E-state index contributed by atoms with van der Waals surface area (Å²) in [6, 6.07) is 7.54. The van der Waals surface area contributed by atoms with Crippen molar-refractivity contribution in [2.75, 3.05) is 0 Å². The number of hydrogen-bond donors (Lipinski definition) is 1. The molecule has 0 saturated carbocycles. The van der Waals surface area contributed by atoms with Crippen LogP contribution in [0.2, 0.25) is 5.02 Å². The molecule has 1 aromatic carbocycles. The summed E-state index contributed by atoms with van der Waals surface area (Å²) < 4.78 is 0.477. The van der Waals surface area contributed by atoms with E-state index in [2.05, 4.69) is 18.7 Å². The molecule has 0 aliphatic rings. The molecule has 1 aromatic rings. The molecule has 0 spiro atoms. The summed E-state index contributed by atoms with van der Waals surface area (Å²) in [5.74, 6) is 0. The van der Waals surface area contributed by atoms with E-state index in [1.165, 1.54) is 0 Å². The zero-order valence-corrected chi connectivity index (χ0v) is 10.9. The van der Waals surface area contributed by atoms with E-state index in [1.54, 1.807) is 18.2 Å². The molecule has 15 heavy (non-hydrogen) atoms. The highest BCUT2D eigenvalue weighted by Crippen LogP contribution is 2.29. The number of nitriles is 1. The molecule has 1 nitrogen and oxygen atoms in total. The number of thiocarbonyl (C=S) groups is 1. The number of nitrogens with zero attached hydrogens (tertiary/aromatic N) is 1. The molecule has 4 heteroatoms. The Hall–Kier alpha value is -0.560. The van der Waals surface area contributed by atoms with Gasteiger partial charge in [-0.2, -0.15) is 5.26 Å². The van der Waals surface area contributed by atoms with Gasteiger partial charge in [-0.3, -0.25) is 0 Å². The summed E-state index contributed by atoms with van der Waals surface area (Å²) in [6.07, 6.45) is 0. The van der Waals surface area contributed by atoms with Crippen LogP contribution in [0.3, 0.4) is 0 Å². The van der Waals surface area contributed by atoms with Crippen LogP contribution in [0.4, 0.5) is 0 Å². The van der Waals surface area contributed by atoms with Gasteiger partial charge >= 0.3 is 0 Å². The fourth-order valence-electron chi connectivity index (χ4n) is 1.28. The lowest BCUT2D eigenvalue weighted by Crippen LogP contribution is -2.17. The minimum atomic E-state index is -0.618. The Kier molecular flexibility index (Phi) is 3.77. The molecule has 0 N–H and O–H groups in total. The van der Waals surface area contributed by atoms with Crippen LogP contribution in [0.15, 0.2) is 18.2 Å². The molecular weight excluding hydrogens is 246 g/mol. The van der Waals surface area contributed by atoms with Crippen LogP contribution in [0, 0.1) is 11.3 Å². The third-order valence-corrected chi connectivity index (χ3v) is 2.86. The zero-order valence-electron chi connectivity index (χ0n) is 8.41. The van der Waals surface area contributed by atoms with Crippen molar-refractivity contribution < 1.29 is 0 Å². The molecule has 0 saturated heterocycles. The molecule has 0 aliphatic carbocycles. The zero-order chi connectivity index (χ0) is 11.6. The molecule has 0 amide bonds. The minimum absolute atomic E-state index is 0.477. The number of halogens is 1.